The highest BCUT2D eigenvalue weighted by Gasteiger charge is 2.53. The number of likely N-dealkylation sites (tertiary alicyclic amines) is 1. The van der Waals surface area contributed by atoms with Gasteiger partial charge in [-0.1, -0.05) is 6.92 Å². The molecule has 2 heterocycles. The van der Waals surface area contributed by atoms with E-state index in [-0.39, 0.29) is 18.2 Å². The smallest absolute Gasteiger partial charge is 0.327 e. The molecule has 1 aromatic heterocycles. The first-order valence-corrected chi connectivity index (χ1v) is 9.25. The number of alkyl halides is 2. The zero-order chi connectivity index (χ0) is 19.7. The molecular weight excluding hydrogens is 361 g/mol. The van der Waals surface area contributed by atoms with Gasteiger partial charge in [-0.05, 0) is 25.8 Å². The Bertz CT molecular complexity index is 916. The highest BCUT2D eigenvalue weighted by molar-refractivity contribution is 5.59. The summed E-state index contributed by atoms with van der Waals surface area (Å²) in [4.78, 5) is 28.2. The van der Waals surface area contributed by atoms with Crippen LogP contribution in [0.2, 0.25) is 0 Å². The van der Waals surface area contributed by atoms with E-state index in [1.807, 2.05) is 0 Å². The molecule has 27 heavy (non-hydrogen) atoms. The summed E-state index contributed by atoms with van der Waals surface area (Å²) in [6.45, 7) is 2.58. The van der Waals surface area contributed by atoms with Crippen molar-refractivity contribution in [2.45, 2.75) is 56.7 Å². The van der Waals surface area contributed by atoms with Crippen LogP contribution in [0, 0.1) is 5.92 Å². The Hall–Kier alpha value is -1.87. The van der Waals surface area contributed by atoms with Crippen molar-refractivity contribution < 1.29 is 13.2 Å². The fraction of sp³-hybridized carbons (Fsp3) is 0.667. The number of H-pyrrole nitrogens is 1. The van der Waals surface area contributed by atoms with Gasteiger partial charge in [-0.15, -0.1) is 0 Å². The number of rotatable bonds is 3. The average molecular weight is 384 g/mol. The molecule has 0 amide bonds. The van der Waals surface area contributed by atoms with Gasteiger partial charge in [0, 0.05) is 30.2 Å². The van der Waals surface area contributed by atoms with Crippen LogP contribution in [-0.4, -0.2) is 45.5 Å². The van der Waals surface area contributed by atoms with Crippen LogP contribution >= 0.6 is 0 Å². The third kappa shape index (κ3) is 2.87. The number of fused-ring (bicyclic) bond motifs is 1. The second kappa shape index (κ2) is 6.07. The van der Waals surface area contributed by atoms with E-state index >= 15 is 0 Å². The van der Waals surface area contributed by atoms with Crippen LogP contribution in [0.3, 0.4) is 0 Å². The number of hydrogen-bond acceptors (Lipinski definition) is 4. The maximum Gasteiger partial charge on any atom is 0.328 e. The van der Waals surface area contributed by atoms with Crippen molar-refractivity contribution in [1.82, 2.24) is 14.5 Å². The van der Waals surface area contributed by atoms with E-state index in [4.69, 9.17) is 5.73 Å². The number of aromatic amines is 1. The highest BCUT2D eigenvalue weighted by atomic mass is 19.3. The van der Waals surface area contributed by atoms with Crippen LogP contribution in [0.5, 0.6) is 0 Å². The monoisotopic (exact) mass is 384 g/mol. The van der Waals surface area contributed by atoms with Gasteiger partial charge < -0.3 is 5.73 Å². The SMILES string of the molecule is CC(N)C1CN(C2C(F)=Cc3c(n(C4CC4)c(=O)[nH]c3=O)C2C)CC1(F)F. The van der Waals surface area contributed by atoms with Crippen molar-refractivity contribution in [3.05, 3.63) is 37.9 Å². The van der Waals surface area contributed by atoms with Crippen molar-refractivity contribution in [1.29, 1.82) is 0 Å². The lowest BCUT2D eigenvalue weighted by molar-refractivity contribution is -0.0346. The first-order valence-electron chi connectivity index (χ1n) is 9.25. The summed E-state index contributed by atoms with van der Waals surface area (Å²) in [6.07, 6.45) is 2.70. The molecule has 0 radical (unpaired) electrons. The number of nitrogens with one attached hydrogen (secondary N) is 1. The molecule has 0 aromatic carbocycles. The quantitative estimate of drug-likeness (QED) is 0.829. The van der Waals surface area contributed by atoms with Crippen LogP contribution < -0.4 is 17.0 Å². The molecule has 1 aromatic rings. The Balaban J connectivity index is 1.78. The molecular formula is C18H23F3N4O2. The Labute approximate surface area is 153 Å². The minimum atomic E-state index is -3.02. The molecule has 9 heteroatoms. The Morgan fingerprint density at radius 1 is 1.33 bits per heavy atom. The summed E-state index contributed by atoms with van der Waals surface area (Å²) >= 11 is 0. The van der Waals surface area contributed by atoms with Crippen LogP contribution in [0.25, 0.3) is 6.08 Å². The summed E-state index contributed by atoms with van der Waals surface area (Å²) < 4.78 is 45.2. The third-order valence-electron chi connectivity index (χ3n) is 6.02. The van der Waals surface area contributed by atoms with E-state index < -0.39 is 53.5 Å². The molecule has 2 fully saturated rings. The molecule has 6 nitrogen and oxygen atoms in total. The van der Waals surface area contributed by atoms with Crippen LogP contribution in [0.1, 0.15) is 49.9 Å². The number of halogens is 3. The maximum atomic E-state index is 14.9. The highest BCUT2D eigenvalue weighted by Crippen LogP contribution is 2.44. The van der Waals surface area contributed by atoms with E-state index in [2.05, 4.69) is 4.98 Å². The predicted octanol–water partition coefficient (Wildman–Crippen LogP) is 1.58. The van der Waals surface area contributed by atoms with Crippen molar-refractivity contribution in [2.75, 3.05) is 13.1 Å². The van der Waals surface area contributed by atoms with Gasteiger partial charge in [0.25, 0.3) is 11.5 Å². The average Bonchev–Trinajstić information content (AvgIpc) is 3.32. The summed E-state index contributed by atoms with van der Waals surface area (Å²) in [5.41, 5.74) is 5.09. The third-order valence-corrected chi connectivity index (χ3v) is 6.02. The summed E-state index contributed by atoms with van der Waals surface area (Å²) in [5.74, 6) is -5.33. The standard InChI is InChI=1S/C18H23F3N4O2/c1-8-14-11(16(26)23-17(27)25(14)10-3-4-10)5-13(19)15(8)24-6-12(9(2)22)18(20,21)7-24/h5,8-10,12,15H,3-4,6-7,22H2,1-2H3,(H,23,26,27). The van der Waals surface area contributed by atoms with E-state index in [1.54, 1.807) is 6.92 Å². The first-order chi connectivity index (χ1) is 12.6. The number of aromatic nitrogens is 2. The summed E-state index contributed by atoms with van der Waals surface area (Å²) in [5, 5.41) is 0. The van der Waals surface area contributed by atoms with Crippen LogP contribution in [0.15, 0.2) is 15.4 Å². The van der Waals surface area contributed by atoms with Gasteiger partial charge in [-0.25, -0.2) is 18.0 Å². The Morgan fingerprint density at radius 2 is 2.00 bits per heavy atom. The fourth-order valence-electron chi connectivity index (χ4n) is 4.58. The normalized spacial score (nSPS) is 31.5. The van der Waals surface area contributed by atoms with Gasteiger partial charge in [0.2, 0.25) is 0 Å². The Morgan fingerprint density at radius 3 is 2.56 bits per heavy atom. The maximum absolute atomic E-state index is 14.9. The molecule has 0 bridgehead atoms. The van der Waals surface area contributed by atoms with Gasteiger partial charge >= 0.3 is 5.69 Å². The summed E-state index contributed by atoms with van der Waals surface area (Å²) in [6, 6.07) is -1.70. The van der Waals surface area contributed by atoms with Crippen LogP contribution in [-0.2, 0) is 0 Å². The molecule has 4 rings (SSSR count). The minimum Gasteiger partial charge on any atom is -0.327 e. The lowest BCUT2D eigenvalue weighted by Crippen LogP contribution is -2.45. The molecule has 0 spiro atoms. The lowest BCUT2D eigenvalue weighted by Gasteiger charge is -2.36. The molecule has 1 aliphatic heterocycles. The van der Waals surface area contributed by atoms with Crippen molar-refractivity contribution >= 4 is 6.08 Å². The van der Waals surface area contributed by atoms with Crippen molar-refractivity contribution in [3.8, 4) is 0 Å². The van der Waals surface area contributed by atoms with Gasteiger partial charge in [-0.2, -0.15) is 0 Å². The first kappa shape index (κ1) is 18.5. The number of nitrogens with two attached hydrogens (primary N) is 1. The molecule has 1 saturated heterocycles. The lowest BCUT2D eigenvalue weighted by atomic mass is 9.87. The van der Waals surface area contributed by atoms with E-state index in [0.717, 1.165) is 18.9 Å². The van der Waals surface area contributed by atoms with Crippen molar-refractivity contribution in [2.24, 2.45) is 11.7 Å². The van der Waals surface area contributed by atoms with Gasteiger partial charge in [0.15, 0.2) is 0 Å². The molecule has 4 atom stereocenters. The van der Waals surface area contributed by atoms with Crippen molar-refractivity contribution in [3.63, 3.8) is 0 Å². The molecule has 1 saturated carbocycles. The Kier molecular flexibility index (Phi) is 4.15. The van der Waals surface area contributed by atoms with Gasteiger partial charge in [0.05, 0.1) is 24.1 Å². The molecule has 2 aliphatic carbocycles. The van der Waals surface area contributed by atoms with Gasteiger partial charge in [0.1, 0.15) is 5.83 Å². The molecule has 4 unspecified atom stereocenters. The second-order valence-corrected chi connectivity index (χ2v) is 8.08. The number of hydrogen-bond donors (Lipinski definition) is 2. The van der Waals surface area contributed by atoms with E-state index in [0.29, 0.717) is 5.69 Å². The largest absolute Gasteiger partial charge is 0.328 e. The molecule has 3 N–H and O–H groups in total. The zero-order valence-corrected chi connectivity index (χ0v) is 15.2. The predicted molar refractivity (Wildman–Crippen MR) is 94.5 cm³/mol. The number of nitrogens with zero attached hydrogens (tertiary/aromatic N) is 2. The molecule has 148 valence electrons. The summed E-state index contributed by atoms with van der Waals surface area (Å²) in [7, 11) is 0. The topological polar surface area (TPSA) is 84.1 Å². The fourth-order valence-corrected chi connectivity index (χ4v) is 4.58. The van der Waals surface area contributed by atoms with E-state index in [1.165, 1.54) is 16.4 Å². The second-order valence-electron chi connectivity index (χ2n) is 8.08. The minimum absolute atomic E-state index is 0.0300. The zero-order valence-electron chi connectivity index (χ0n) is 15.2. The van der Waals surface area contributed by atoms with Gasteiger partial charge in [-0.3, -0.25) is 19.2 Å². The molecule has 3 aliphatic rings. The van der Waals surface area contributed by atoms with Crippen LogP contribution in [0.4, 0.5) is 13.2 Å². The van der Waals surface area contributed by atoms with E-state index in [9.17, 15) is 22.8 Å².